The summed E-state index contributed by atoms with van der Waals surface area (Å²) in [7, 11) is 0. The molecule has 4 heteroatoms. The second-order valence-electron chi connectivity index (χ2n) is 4.86. The van der Waals surface area contributed by atoms with Gasteiger partial charge in [-0.2, -0.15) is 0 Å². The van der Waals surface area contributed by atoms with E-state index in [-0.39, 0.29) is 0 Å². The van der Waals surface area contributed by atoms with E-state index in [1.807, 2.05) is 0 Å². The van der Waals surface area contributed by atoms with Crippen molar-refractivity contribution in [1.82, 2.24) is 5.32 Å². The van der Waals surface area contributed by atoms with Crippen LogP contribution < -0.4 is 5.32 Å². The highest BCUT2D eigenvalue weighted by molar-refractivity contribution is 7.10. The van der Waals surface area contributed by atoms with Gasteiger partial charge in [-0.15, -0.1) is 11.3 Å². The van der Waals surface area contributed by atoms with E-state index in [1.54, 1.807) is 11.4 Å². The van der Waals surface area contributed by atoms with E-state index in [4.69, 9.17) is 5.11 Å². The predicted octanol–water partition coefficient (Wildman–Crippen LogP) is 2.70. The van der Waals surface area contributed by atoms with Crippen molar-refractivity contribution in [2.24, 2.45) is 0 Å². The summed E-state index contributed by atoms with van der Waals surface area (Å²) in [4.78, 5) is 11.9. The first-order valence-electron chi connectivity index (χ1n) is 6.33. The molecule has 3 nitrogen and oxygen atoms in total. The molecule has 0 amide bonds. The highest BCUT2D eigenvalue weighted by Gasteiger charge is 2.20. The molecule has 0 aliphatic heterocycles. The van der Waals surface area contributed by atoms with Crippen LogP contribution in [0.4, 0.5) is 0 Å². The number of aromatic carboxylic acids is 1. The largest absolute Gasteiger partial charge is 0.478 e. The number of benzene rings is 1. The van der Waals surface area contributed by atoms with Crippen molar-refractivity contribution >= 4 is 17.3 Å². The Hall–Kier alpha value is -1.65. The van der Waals surface area contributed by atoms with Crippen molar-refractivity contribution in [3.63, 3.8) is 0 Å². The average molecular weight is 273 g/mol. The van der Waals surface area contributed by atoms with Gasteiger partial charge in [0, 0.05) is 22.8 Å². The quantitative estimate of drug-likeness (QED) is 0.900. The molecule has 0 spiro atoms. The summed E-state index contributed by atoms with van der Waals surface area (Å²) < 4.78 is 0. The Morgan fingerprint density at radius 2 is 2.00 bits per heavy atom. The van der Waals surface area contributed by atoms with E-state index in [9.17, 15) is 4.79 Å². The number of rotatable bonds is 4. The molecular weight excluding hydrogens is 258 g/mol. The van der Waals surface area contributed by atoms with Crippen LogP contribution in [0.2, 0.25) is 0 Å². The summed E-state index contributed by atoms with van der Waals surface area (Å²) >= 11 is 1.50. The van der Waals surface area contributed by atoms with Gasteiger partial charge < -0.3 is 10.4 Å². The summed E-state index contributed by atoms with van der Waals surface area (Å²) in [6.07, 6.45) is 2.13. The Balaban J connectivity index is 1.58. The lowest BCUT2D eigenvalue weighted by molar-refractivity contribution is 0.0697. The first-order valence-corrected chi connectivity index (χ1v) is 7.21. The van der Waals surface area contributed by atoms with Crippen molar-refractivity contribution < 1.29 is 9.90 Å². The molecule has 1 aliphatic rings. The fourth-order valence-corrected chi connectivity index (χ4v) is 3.34. The number of thiophene rings is 1. The van der Waals surface area contributed by atoms with Crippen LogP contribution in [0.5, 0.6) is 0 Å². The number of fused-ring (bicyclic) bond motifs is 1. The van der Waals surface area contributed by atoms with Crippen LogP contribution in [-0.4, -0.2) is 17.1 Å². The fourth-order valence-electron chi connectivity index (χ4n) is 2.53. The van der Waals surface area contributed by atoms with Gasteiger partial charge in [0.05, 0.1) is 5.56 Å². The van der Waals surface area contributed by atoms with Gasteiger partial charge in [0.25, 0.3) is 0 Å². The Labute approximate surface area is 115 Å². The minimum absolute atomic E-state index is 0.386. The maximum atomic E-state index is 10.8. The molecule has 0 saturated heterocycles. The van der Waals surface area contributed by atoms with Crippen molar-refractivity contribution in [3.8, 4) is 0 Å². The zero-order chi connectivity index (χ0) is 13.2. The van der Waals surface area contributed by atoms with Crippen molar-refractivity contribution in [2.75, 3.05) is 0 Å². The Morgan fingerprint density at radius 3 is 2.58 bits per heavy atom. The molecule has 1 heterocycles. The van der Waals surface area contributed by atoms with E-state index < -0.39 is 5.97 Å². The molecule has 3 rings (SSSR count). The Bertz CT molecular complexity index is 581. The lowest BCUT2D eigenvalue weighted by Crippen LogP contribution is -2.28. The monoisotopic (exact) mass is 273 g/mol. The molecule has 1 aliphatic carbocycles. The molecule has 2 N–H and O–H groups in total. The summed E-state index contributed by atoms with van der Waals surface area (Å²) in [6, 6.07) is 10.8. The first kappa shape index (κ1) is 12.4. The average Bonchev–Trinajstić information content (AvgIpc) is 3.02. The summed E-state index contributed by atoms with van der Waals surface area (Å²) in [5.74, 6) is -0.851. The third-order valence-electron chi connectivity index (χ3n) is 3.52. The highest BCUT2D eigenvalue weighted by atomic mass is 32.1. The van der Waals surface area contributed by atoms with E-state index >= 15 is 0 Å². The summed E-state index contributed by atoms with van der Waals surface area (Å²) in [5.41, 5.74) is 3.24. The molecule has 2 aromatic rings. The standard InChI is InChI=1S/C15H15NO2S/c17-15(18)12-7-14(19-9-12)8-16-13-5-10-3-1-2-4-11(10)6-13/h1-4,7,9,13,16H,5-6,8H2,(H,17,18). The smallest absolute Gasteiger partial charge is 0.336 e. The summed E-state index contributed by atoms with van der Waals surface area (Å²) in [5, 5.41) is 14.1. The first-order chi connectivity index (χ1) is 9.22. The molecule has 0 atom stereocenters. The molecule has 19 heavy (non-hydrogen) atoms. The lowest BCUT2D eigenvalue weighted by Gasteiger charge is -2.10. The van der Waals surface area contributed by atoms with Crippen molar-refractivity contribution in [3.05, 3.63) is 57.3 Å². The third-order valence-corrected chi connectivity index (χ3v) is 4.45. The minimum atomic E-state index is -0.851. The van der Waals surface area contributed by atoms with E-state index in [0.717, 1.165) is 24.3 Å². The van der Waals surface area contributed by atoms with Gasteiger partial charge in [0.2, 0.25) is 0 Å². The highest BCUT2D eigenvalue weighted by Crippen LogP contribution is 2.22. The van der Waals surface area contributed by atoms with Gasteiger partial charge >= 0.3 is 5.97 Å². The second-order valence-corrected chi connectivity index (χ2v) is 5.86. The number of nitrogens with one attached hydrogen (secondary N) is 1. The number of carbonyl (C=O) groups is 1. The fraction of sp³-hybridized carbons (Fsp3) is 0.267. The zero-order valence-electron chi connectivity index (χ0n) is 10.4. The van der Waals surface area contributed by atoms with Gasteiger partial charge in [-0.25, -0.2) is 4.79 Å². The maximum absolute atomic E-state index is 10.8. The number of hydrogen-bond donors (Lipinski definition) is 2. The van der Waals surface area contributed by atoms with Gasteiger partial charge in [0.1, 0.15) is 0 Å². The Kier molecular flexibility index (Phi) is 3.36. The molecule has 0 bridgehead atoms. The molecule has 0 radical (unpaired) electrons. The van der Waals surface area contributed by atoms with E-state index in [0.29, 0.717) is 11.6 Å². The van der Waals surface area contributed by atoms with Gasteiger partial charge in [-0.3, -0.25) is 0 Å². The number of carboxylic acids is 1. The van der Waals surface area contributed by atoms with Crippen molar-refractivity contribution in [2.45, 2.75) is 25.4 Å². The number of hydrogen-bond acceptors (Lipinski definition) is 3. The van der Waals surface area contributed by atoms with Crippen LogP contribution in [0.1, 0.15) is 26.4 Å². The van der Waals surface area contributed by atoms with E-state index in [2.05, 4.69) is 29.6 Å². The van der Waals surface area contributed by atoms with Gasteiger partial charge in [-0.05, 0) is 30.0 Å². The molecule has 1 aromatic heterocycles. The lowest BCUT2D eigenvalue weighted by atomic mass is 10.1. The molecule has 0 saturated carbocycles. The third kappa shape index (κ3) is 2.69. The molecule has 0 unspecified atom stereocenters. The maximum Gasteiger partial charge on any atom is 0.336 e. The molecule has 98 valence electrons. The topological polar surface area (TPSA) is 49.3 Å². The molecule has 0 fully saturated rings. The van der Waals surface area contributed by atoms with Crippen LogP contribution in [0.15, 0.2) is 35.7 Å². The van der Waals surface area contributed by atoms with Gasteiger partial charge in [0.15, 0.2) is 0 Å². The molecular formula is C15H15NO2S. The zero-order valence-corrected chi connectivity index (χ0v) is 11.2. The normalized spacial score (nSPS) is 14.5. The van der Waals surface area contributed by atoms with Crippen LogP contribution in [-0.2, 0) is 19.4 Å². The SMILES string of the molecule is O=C(O)c1csc(CNC2Cc3ccccc3C2)c1. The minimum Gasteiger partial charge on any atom is -0.478 e. The summed E-state index contributed by atoms with van der Waals surface area (Å²) in [6.45, 7) is 0.747. The van der Waals surface area contributed by atoms with E-state index in [1.165, 1.54) is 22.5 Å². The van der Waals surface area contributed by atoms with Gasteiger partial charge in [-0.1, -0.05) is 24.3 Å². The number of carboxylic acid groups (broad SMARTS) is 1. The second kappa shape index (κ2) is 5.15. The Morgan fingerprint density at radius 1 is 1.32 bits per heavy atom. The van der Waals surface area contributed by atoms with Crippen LogP contribution in [0.25, 0.3) is 0 Å². The van der Waals surface area contributed by atoms with Crippen LogP contribution in [0.3, 0.4) is 0 Å². The van der Waals surface area contributed by atoms with Crippen LogP contribution in [0, 0.1) is 0 Å². The van der Waals surface area contributed by atoms with Crippen molar-refractivity contribution in [1.29, 1.82) is 0 Å². The molecule has 1 aromatic carbocycles. The van der Waals surface area contributed by atoms with Crippen LogP contribution >= 0.6 is 11.3 Å². The predicted molar refractivity (Wildman–Crippen MR) is 75.8 cm³/mol.